The minimum absolute atomic E-state index is 0.0939. The van der Waals surface area contributed by atoms with Gasteiger partial charge in [-0.2, -0.15) is 0 Å². The smallest absolute Gasteiger partial charge is 0.228 e. The summed E-state index contributed by atoms with van der Waals surface area (Å²) in [6, 6.07) is 9.94. The van der Waals surface area contributed by atoms with Crippen molar-refractivity contribution in [2.75, 3.05) is 13.1 Å². The molecule has 2 unspecified atom stereocenters. The second-order valence-corrected chi connectivity index (χ2v) is 5.92. The van der Waals surface area contributed by atoms with Crippen molar-refractivity contribution in [3.63, 3.8) is 0 Å². The predicted molar refractivity (Wildman–Crippen MR) is 84.0 cm³/mol. The van der Waals surface area contributed by atoms with E-state index in [2.05, 4.69) is 11.9 Å². The van der Waals surface area contributed by atoms with E-state index in [1.54, 1.807) is 6.26 Å². The van der Waals surface area contributed by atoms with Crippen LogP contribution >= 0.6 is 0 Å². The van der Waals surface area contributed by atoms with Gasteiger partial charge >= 0.3 is 0 Å². The zero-order valence-corrected chi connectivity index (χ0v) is 12.7. The molecule has 3 rings (SSSR count). The number of nitrogens with two attached hydrogens (primary N) is 1. The highest BCUT2D eigenvalue weighted by Gasteiger charge is 2.31. The van der Waals surface area contributed by atoms with Crippen molar-refractivity contribution in [3.05, 3.63) is 42.3 Å². The summed E-state index contributed by atoms with van der Waals surface area (Å²) in [6.07, 6.45) is 2.83. The number of aromatic nitrogens is 1. The van der Waals surface area contributed by atoms with Crippen LogP contribution in [0.25, 0.3) is 11.5 Å². The van der Waals surface area contributed by atoms with E-state index in [-0.39, 0.29) is 18.4 Å². The molecule has 0 aliphatic carbocycles. The lowest BCUT2D eigenvalue weighted by molar-refractivity contribution is -0.131. The lowest BCUT2D eigenvalue weighted by atomic mass is 10.1. The summed E-state index contributed by atoms with van der Waals surface area (Å²) in [7, 11) is 0. The molecule has 0 bridgehead atoms. The molecule has 1 aromatic heterocycles. The number of likely N-dealkylation sites (tertiary alicyclic amines) is 1. The van der Waals surface area contributed by atoms with E-state index in [0.717, 1.165) is 18.5 Å². The fraction of sp³-hybridized carbons (Fsp3) is 0.412. The van der Waals surface area contributed by atoms with Crippen molar-refractivity contribution < 1.29 is 9.21 Å². The Balaban J connectivity index is 1.67. The third-order valence-electron chi connectivity index (χ3n) is 4.22. The lowest BCUT2D eigenvalue weighted by Crippen LogP contribution is -2.35. The Morgan fingerprint density at radius 1 is 1.41 bits per heavy atom. The first-order valence-electron chi connectivity index (χ1n) is 7.66. The number of nitrogens with zero attached hydrogens (tertiary/aromatic N) is 2. The normalized spacial score (nSPS) is 21.3. The van der Waals surface area contributed by atoms with Crippen molar-refractivity contribution in [1.29, 1.82) is 0 Å². The Hall–Kier alpha value is -2.14. The number of hydrogen-bond donors (Lipinski definition) is 1. The monoisotopic (exact) mass is 299 g/mol. The first-order chi connectivity index (χ1) is 10.7. The summed E-state index contributed by atoms with van der Waals surface area (Å²) < 4.78 is 5.48. The van der Waals surface area contributed by atoms with Crippen LogP contribution in [-0.2, 0) is 11.2 Å². The number of benzene rings is 1. The van der Waals surface area contributed by atoms with Crippen LogP contribution in [0.5, 0.6) is 0 Å². The highest BCUT2D eigenvalue weighted by atomic mass is 16.3. The topological polar surface area (TPSA) is 72.4 Å². The largest absolute Gasteiger partial charge is 0.444 e. The highest BCUT2D eigenvalue weighted by molar-refractivity contribution is 5.79. The van der Waals surface area contributed by atoms with Gasteiger partial charge < -0.3 is 15.1 Å². The molecule has 1 aliphatic heterocycles. The Labute approximate surface area is 130 Å². The van der Waals surface area contributed by atoms with Crippen LogP contribution in [0.1, 0.15) is 19.0 Å². The van der Waals surface area contributed by atoms with Crippen LogP contribution in [0.3, 0.4) is 0 Å². The number of oxazole rings is 1. The van der Waals surface area contributed by atoms with E-state index in [0.29, 0.717) is 24.0 Å². The molecular weight excluding hydrogens is 278 g/mol. The van der Waals surface area contributed by atoms with Crippen molar-refractivity contribution in [2.45, 2.75) is 25.8 Å². The van der Waals surface area contributed by atoms with E-state index in [4.69, 9.17) is 10.2 Å². The molecule has 1 saturated heterocycles. The van der Waals surface area contributed by atoms with Crippen LogP contribution in [0, 0.1) is 5.92 Å². The highest BCUT2D eigenvalue weighted by Crippen LogP contribution is 2.23. The Morgan fingerprint density at radius 3 is 2.86 bits per heavy atom. The van der Waals surface area contributed by atoms with E-state index in [9.17, 15) is 4.79 Å². The zero-order chi connectivity index (χ0) is 15.5. The third-order valence-corrected chi connectivity index (χ3v) is 4.22. The van der Waals surface area contributed by atoms with Gasteiger partial charge in [0.05, 0.1) is 12.1 Å². The second kappa shape index (κ2) is 6.32. The molecule has 0 saturated carbocycles. The van der Waals surface area contributed by atoms with Gasteiger partial charge in [0.2, 0.25) is 11.8 Å². The van der Waals surface area contributed by atoms with E-state index in [1.165, 1.54) is 0 Å². The molecule has 0 spiro atoms. The maximum atomic E-state index is 12.4. The predicted octanol–water partition coefficient (Wildman–Crippen LogP) is 2.08. The zero-order valence-electron chi connectivity index (χ0n) is 12.7. The fourth-order valence-electron chi connectivity index (χ4n) is 3.02. The SMILES string of the molecule is CC1CC(CN)CN1C(=O)Cc1coc(-c2ccccc2)n1. The minimum Gasteiger partial charge on any atom is -0.444 e. The van der Waals surface area contributed by atoms with E-state index in [1.807, 2.05) is 35.2 Å². The minimum atomic E-state index is 0.0939. The van der Waals surface area contributed by atoms with Crippen molar-refractivity contribution in [3.8, 4) is 11.5 Å². The fourth-order valence-corrected chi connectivity index (χ4v) is 3.02. The summed E-state index contributed by atoms with van der Waals surface area (Å²) in [5.74, 6) is 1.06. The van der Waals surface area contributed by atoms with Gasteiger partial charge in [-0.1, -0.05) is 18.2 Å². The second-order valence-electron chi connectivity index (χ2n) is 5.92. The van der Waals surface area contributed by atoms with Crippen LogP contribution < -0.4 is 5.73 Å². The van der Waals surface area contributed by atoms with Gasteiger partial charge in [0.15, 0.2) is 0 Å². The Bertz CT molecular complexity index is 638. The number of amides is 1. The van der Waals surface area contributed by atoms with Gasteiger partial charge in [0.1, 0.15) is 6.26 Å². The molecule has 1 fully saturated rings. The van der Waals surface area contributed by atoms with Crippen LogP contribution in [-0.4, -0.2) is 34.9 Å². The molecule has 2 aromatic rings. The number of carbonyl (C=O) groups excluding carboxylic acids is 1. The summed E-state index contributed by atoms with van der Waals surface area (Å²) in [5.41, 5.74) is 7.30. The Morgan fingerprint density at radius 2 is 2.18 bits per heavy atom. The maximum absolute atomic E-state index is 12.4. The van der Waals surface area contributed by atoms with Gasteiger partial charge in [-0.3, -0.25) is 4.79 Å². The molecule has 2 N–H and O–H groups in total. The summed E-state index contributed by atoms with van der Waals surface area (Å²) in [4.78, 5) is 18.8. The molecule has 0 radical (unpaired) electrons. The molecule has 2 atom stereocenters. The molecular formula is C17H21N3O2. The lowest BCUT2D eigenvalue weighted by Gasteiger charge is -2.20. The number of hydrogen-bond acceptors (Lipinski definition) is 4. The standard InChI is InChI=1S/C17H21N3O2/c1-12-7-13(9-18)10-20(12)16(21)8-15-11-22-17(19-15)14-5-3-2-4-6-14/h2-6,11-13H,7-10,18H2,1H3. The van der Waals surface area contributed by atoms with E-state index >= 15 is 0 Å². The van der Waals surface area contributed by atoms with Gasteiger partial charge in [-0.05, 0) is 37.9 Å². The molecule has 5 nitrogen and oxygen atoms in total. The quantitative estimate of drug-likeness (QED) is 0.938. The van der Waals surface area contributed by atoms with Crippen LogP contribution in [0.2, 0.25) is 0 Å². The van der Waals surface area contributed by atoms with Crippen molar-refractivity contribution in [1.82, 2.24) is 9.88 Å². The molecule has 5 heteroatoms. The molecule has 1 aliphatic rings. The third kappa shape index (κ3) is 3.04. The van der Waals surface area contributed by atoms with Crippen LogP contribution in [0.15, 0.2) is 41.0 Å². The average Bonchev–Trinajstić information content (AvgIpc) is 3.14. The van der Waals surface area contributed by atoms with Gasteiger partial charge in [0, 0.05) is 18.2 Å². The molecule has 1 aromatic carbocycles. The summed E-state index contributed by atoms with van der Waals surface area (Å²) >= 11 is 0. The van der Waals surface area contributed by atoms with Crippen molar-refractivity contribution in [2.24, 2.45) is 11.7 Å². The molecule has 22 heavy (non-hydrogen) atoms. The Kier molecular flexibility index (Phi) is 4.24. The molecule has 1 amide bonds. The first-order valence-corrected chi connectivity index (χ1v) is 7.66. The van der Waals surface area contributed by atoms with Gasteiger partial charge in [-0.25, -0.2) is 4.98 Å². The molecule has 116 valence electrons. The van der Waals surface area contributed by atoms with Gasteiger partial charge in [0.25, 0.3) is 0 Å². The molecule has 2 heterocycles. The number of carbonyl (C=O) groups is 1. The number of rotatable bonds is 4. The maximum Gasteiger partial charge on any atom is 0.228 e. The first kappa shape index (κ1) is 14.8. The summed E-state index contributed by atoms with van der Waals surface area (Å²) in [5, 5.41) is 0. The summed E-state index contributed by atoms with van der Waals surface area (Å²) in [6.45, 7) is 3.46. The van der Waals surface area contributed by atoms with Crippen molar-refractivity contribution >= 4 is 5.91 Å². The van der Waals surface area contributed by atoms with E-state index < -0.39 is 0 Å². The average molecular weight is 299 g/mol. The van der Waals surface area contributed by atoms with Crippen LogP contribution in [0.4, 0.5) is 0 Å². The van der Waals surface area contributed by atoms with Gasteiger partial charge in [-0.15, -0.1) is 0 Å².